The summed E-state index contributed by atoms with van der Waals surface area (Å²) < 4.78 is 1.87. The standard InChI is InChI=1S/C14H17N5/c1-10-7-14(13(8-15)12(3)17-10)18-11(2)9-19-6-4-5-16-19/h4-7,11H,9H2,1-3H3,(H,17,18). The van der Waals surface area contributed by atoms with E-state index in [4.69, 9.17) is 0 Å². The van der Waals surface area contributed by atoms with E-state index in [1.54, 1.807) is 6.20 Å². The molecule has 19 heavy (non-hydrogen) atoms. The van der Waals surface area contributed by atoms with Crippen molar-refractivity contribution in [3.63, 3.8) is 0 Å². The number of anilines is 1. The highest BCUT2D eigenvalue weighted by atomic mass is 15.3. The van der Waals surface area contributed by atoms with Crippen LogP contribution in [0.2, 0.25) is 0 Å². The molecule has 0 aliphatic heterocycles. The molecule has 0 spiro atoms. The first kappa shape index (κ1) is 13.1. The van der Waals surface area contributed by atoms with Crippen molar-refractivity contribution >= 4 is 5.69 Å². The van der Waals surface area contributed by atoms with Gasteiger partial charge >= 0.3 is 0 Å². The molecule has 0 aromatic carbocycles. The Morgan fingerprint density at radius 3 is 2.89 bits per heavy atom. The number of nitrogens with one attached hydrogen (secondary N) is 1. The van der Waals surface area contributed by atoms with Crippen molar-refractivity contribution < 1.29 is 0 Å². The van der Waals surface area contributed by atoms with Crippen molar-refractivity contribution in [1.29, 1.82) is 5.26 Å². The quantitative estimate of drug-likeness (QED) is 0.910. The lowest BCUT2D eigenvalue weighted by atomic mass is 10.1. The molecule has 1 unspecified atom stereocenters. The molecule has 0 aliphatic rings. The van der Waals surface area contributed by atoms with E-state index in [1.165, 1.54) is 0 Å². The van der Waals surface area contributed by atoms with E-state index < -0.39 is 0 Å². The molecule has 98 valence electrons. The third kappa shape index (κ3) is 3.10. The second-order valence-electron chi connectivity index (χ2n) is 4.66. The minimum atomic E-state index is 0.174. The summed E-state index contributed by atoms with van der Waals surface area (Å²) >= 11 is 0. The highest BCUT2D eigenvalue weighted by Crippen LogP contribution is 2.19. The van der Waals surface area contributed by atoms with Gasteiger partial charge in [0, 0.05) is 24.1 Å². The number of rotatable bonds is 4. The molecular formula is C14H17N5. The zero-order chi connectivity index (χ0) is 13.8. The topological polar surface area (TPSA) is 66.5 Å². The van der Waals surface area contributed by atoms with Crippen LogP contribution in [0.15, 0.2) is 24.5 Å². The van der Waals surface area contributed by atoms with Gasteiger partial charge in [-0.05, 0) is 32.9 Å². The van der Waals surface area contributed by atoms with Gasteiger partial charge in [-0.25, -0.2) is 0 Å². The van der Waals surface area contributed by atoms with Crippen molar-refractivity contribution in [2.75, 3.05) is 5.32 Å². The summed E-state index contributed by atoms with van der Waals surface area (Å²) in [4.78, 5) is 4.31. The van der Waals surface area contributed by atoms with Gasteiger partial charge in [-0.2, -0.15) is 10.4 Å². The fraction of sp³-hybridized carbons (Fsp3) is 0.357. The summed E-state index contributed by atoms with van der Waals surface area (Å²) in [7, 11) is 0. The second kappa shape index (κ2) is 5.53. The third-order valence-electron chi connectivity index (χ3n) is 2.86. The van der Waals surface area contributed by atoms with E-state index in [-0.39, 0.29) is 6.04 Å². The maximum Gasteiger partial charge on any atom is 0.103 e. The molecule has 5 heteroatoms. The molecule has 5 nitrogen and oxygen atoms in total. The number of pyridine rings is 1. The predicted molar refractivity (Wildman–Crippen MR) is 73.7 cm³/mol. The van der Waals surface area contributed by atoms with Crippen LogP contribution in [-0.4, -0.2) is 20.8 Å². The van der Waals surface area contributed by atoms with Gasteiger partial charge in [0.05, 0.1) is 23.5 Å². The number of nitriles is 1. The summed E-state index contributed by atoms with van der Waals surface area (Å²) in [5.41, 5.74) is 3.12. The van der Waals surface area contributed by atoms with Crippen LogP contribution >= 0.6 is 0 Å². The Kier molecular flexibility index (Phi) is 3.81. The number of hydrogen-bond acceptors (Lipinski definition) is 4. The average molecular weight is 255 g/mol. The fourth-order valence-electron chi connectivity index (χ4n) is 2.08. The van der Waals surface area contributed by atoms with Crippen LogP contribution in [0.5, 0.6) is 0 Å². The molecule has 0 aliphatic carbocycles. The Bertz CT molecular complexity index is 595. The molecule has 2 rings (SSSR count). The summed E-state index contributed by atoms with van der Waals surface area (Å²) in [6, 6.07) is 6.19. The lowest BCUT2D eigenvalue weighted by molar-refractivity contribution is 0.560. The van der Waals surface area contributed by atoms with Crippen molar-refractivity contribution in [2.45, 2.75) is 33.4 Å². The Morgan fingerprint density at radius 1 is 1.47 bits per heavy atom. The second-order valence-corrected chi connectivity index (χ2v) is 4.66. The smallest absolute Gasteiger partial charge is 0.103 e. The average Bonchev–Trinajstić information content (AvgIpc) is 2.81. The molecule has 0 bridgehead atoms. The maximum atomic E-state index is 9.21. The highest BCUT2D eigenvalue weighted by Gasteiger charge is 2.11. The minimum Gasteiger partial charge on any atom is -0.380 e. The molecule has 0 amide bonds. The number of aromatic nitrogens is 3. The van der Waals surface area contributed by atoms with Crippen molar-refractivity contribution in [3.05, 3.63) is 41.5 Å². The number of nitrogens with zero attached hydrogens (tertiary/aromatic N) is 4. The van der Waals surface area contributed by atoms with Crippen LogP contribution in [0.1, 0.15) is 23.9 Å². The number of hydrogen-bond donors (Lipinski definition) is 1. The first-order valence-corrected chi connectivity index (χ1v) is 6.22. The van der Waals surface area contributed by atoms with Crippen molar-refractivity contribution in [3.8, 4) is 6.07 Å². The Labute approximate surface area is 112 Å². The SMILES string of the molecule is Cc1cc(NC(C)Cn2cccn2)c(C#N)c(C)n1. The first-order chi connectivity index (χ1) is 9.10. The van der Waals surface area contributed by atoms with Gasteiger partial charge in [-0.1, -0.05) is 0 Å². The first-order valence-electron chi connectivity index (χ1n) is 6.22. The molecule has 1 N–H and O–H groups in total. The van der Waals surface area contributed by atoms with Gasteiger partial charge in [-0.3, -0.25) is 9.67 Å². The molecule has 0 saturated heterocycles. The van der Waals surface area contributed by atoms with E-state index in [0.717, 1.165) is 23.6 Å². The predicted octanol–water partition coefficient (Wildman–Crippen LogP) is 2.27. The molecule has 2 aromatic heterocycles. The Balaban J connectivity index is 2.16. The van der Waals surface area contributed by atoms with Crippen LogP contribution in [0.3, 0.4) is 0 Å². The summed E-state index contributed by atoms with van der Waals surface area (Å²) in [5.74, 6) is 0. The van der Waals surface area contributed by atoms with Gasteiger partial charge in [0.15, 0.2) is 0 Å². The summed E-state index contributed by atoms with van der Waals surface area (Å²) in [6.07, 6.45) is 3.68. The van der Waals surface area contributed by atoms with Crippen LogP contribution in [0.25, 0.3) is 0 Å². The third-order valence-corrected chi connectivity index (χ3v) is 2.86. The van der Waals surface area contributed by atoms with Crippen molar-refractivity contribution in [2.24, 2.45) is 0 Å². The van der Waals surface area contributed by atoms with Gasteiger partial charge < -0.3 is 5.32 Å². The molecular weight excluding hydrogens is 238 g/mol. The van der Waals surface area contributed by atoms with Gasteiger partial charge in [-0.15, -0.1) is 0 Å². The number of aryl methyl sites for hydroxylation is 2. The molecule has 0 fully saturated rings. The molecule has 2 aromatic rings. The zero-order valence-electron chi connectivity index (χ0n) is 11.4. The lowest BCUT2D eigenvalue weighted by Gasteiger charge is -2.17. The zero-order valence-corrected chi connectivity index (χ0v) is 11.4. The summed E-state index contributed by atoms with van der Waals surface area (Å²) in [6.45, 7) is 6.60. The van der Waals surface area contributed by atoms with Crippen LogP contribution in [0, 0.1) is 25.2 Å². The Hall–Kier alpha value is -2.35. The highest BCUT2D eigenvalue weighted by molar-refractivity contribution is 5.60. The molecule has 2 heterocycles. The lowest BCUT2D eigenvalue weighted by Crippen LogP contribution is -2.23. The monoisotopic (exact) mass is 255 g/mol. The van der Waals surface area contributed by atoms with E-state index in [0.29, 0.717) is 5.56 Å². The fourth-order valence-corrected chi connectivity index (χ4v) is 2.08. The van der Waals surface area contributed by atoms with Gasteiger partial charge in [0.2, 0.25) is 0 Å². The van der Waals surface area contributed by atoms with Crippen LogP contribution < -0.4 is 5.32 Å². The normalized spacial score (nSPS) is 11.9. The molecule has 0 saturated carbocycles. The van der Waals surface area contributed by atoms with Crippen LogP contribution in [0.4, 0.5) is 5.69 Å². The Morgan fingerprint density at radius 2 is 2.26 bits per heavy atom. The van der Waals surface area contributed by atoms with E-state index in [2.05, 4.69) is 28.4 Å². The van der Waals surface area contributed by atoms with E-state index in [9.17, 15) is 5.26 Å². The van der Waals surface area contributed by atoms with Crippen LogP contribution in [-0.2, 0) is 6.54 Å². The summed E-state index contributed by atoms with van der Waals surface area (Å²) in [5, 5.41) is 16.7. The largest absolute Gasteiger partial charge is 0.380 e. The molecule has 0 radical (unpaired) electrons. The maximum absolute atomic E-state index is 9.21. The van der Waals surface area contributed by atoms with Gasteiger partial charge in [0.25, 0.3) is 0 Å². The van der Waals surface area contributed by atoms with E-state index in [1.807, 2.05) is 36.9 Å². The molecule has 1 atom stereocenters. The van der Waals surface area contributed by atoms with Crippen molar-refractivity contribution in [1.82, 2.24) is 14.8 Å². The van der Waals surface area contributed by atoms with Gasteiger partial charge in [0.1, 0.15) is 6.07 Å². The minimum absolute atomic E-state index is 0.174. The van der Waals surface area contributed by atoms with E-state index >= 15 is 0 Å².